The molecule has 3 rings (SSSR count). The molecule has 0 aromatic carbocycles. The Labute approximate surface area is 161 Å². The first-order chi connectivity index (χ1) is 12.9. The van der Waals surface area contributed by atoms with Crippen molar-refractivity contribution in [2.24, 2.45) is 0 Å². The number of halogens is 1. The SMILES string of the molecule is C#C[C@]1(CO)O[C@@H](n2ccc3c(N)nc(Cl)nc32)C[C@@H]1OC(=O)CCCC. The molecule has 9 heteroatoms. The minimum atomic E-state index is -1.43. The van der Waals surface area contributed by atoms with Crippen molar-refractivity contribution in [2.45, 2.75) is 50.5 Å². The lowest BCUT2D eigenvalue weighted by atomic mass is 9.98. The van der Waals surface area contributed by atoms with Crippen molar-refractivity contribution in [3.05, 3.63) is 17.5 Å². The van der Waals surface area contributed by atoms with Gasteiger partial charge >= 0.3 is 5.97 Å². The van der Waals surface area contributed by atoms with Crippen LogP contribution in [0, 0.1) is 12.3 Å². The number of anilines is 1. The fourth-order valence-corrected chi connectivity index (χ4v) is 3.34. The van der Waals surface area contributed by atoms with Crippen LogP contribution in [0.25, 0.3) is 11.0 Å². The number of nitrogen functional groups attached to an aromatic ring is 1. The molecule has 2 aromatic heterocycles. The van der Waals surface area contributed by atoms with E-state index in [4.69, 9.17) is 33.2 Å². The maximum atomic E-state index is 12.1. The van der Waals surface area contributed by atoms with Crippen molar-refractivity contribution in [2.75, 3.05) is 12.3 Å². The molecule has 1 fully saturated rings. The van der Waals surface area contributed by atoms with Crippen LogP contribution in [-0.4, -0.2) is 43.9 Å². The fraction of sp³-hybridized carbons (Fsp3) is 0.500. The molecule has 27 heavy (non-hydrogen) atoms. The minimum absolute atomic E-state index is 0.00543. The number of aliphatic hydroxyl groups is 1. The summed E-state index contributed by atoms with van der Waals surface area (Å²) in [5, 5.41) is 10.5. The van der Waals surface area contributed by atoms with Crippen molar-refractivity contribution in [3.8, 4) is 12.3 Å². The Morgan fingerprint density at radius 1 is 1.63 bits per heavy atom. The van der Waals surface area contributed by atoms with E-state index in [2.05, 4.69) is 15.9 Å². The van der Waals surface area contributed by atoms with E-state index in [1.165, 1.54) is 0 Å². The van der Waals surface area contributed by atoms with Gasteiger partial charge in [0.2, 0.25) is 5.28 Å². The predicted octanol–water partition coefficient (Wildman–Crippen LogP) is 2.05. The van der Waals surface area contributed by atoms with Gasteiger partial charge in [-0.3, -0.25) is 4.79 Å². The van der Waals surface area contributed by atoms with Gasteiger partial charge in [0.15, 0.2) is 5.60 Å². The van der Waals surface area contributed by atoms with Gasteiger partial charge in [0.1, 0.15) is 23.8 Å². The van der Waals surface area contributed by atoms with Crippen molar-refractivity contribution in [1.29, 1.82) is 0 Å². The van der Waals surface area contributed by atoms with Crippen molar-refractivity contribution in [1.82, 2.24) is 14.5 Å². The van der Waals surface area contributed by atoms with Crippen molar-refractivity contribution in [3.63, 3.8) is 0 Å². The average molecular weight is 393 g/mol. The van der Waals surface area contributed by atoms with Gasteiger partial charge < -0.3 is 24.9 Å². The average Bonchev–Trinajstić information content (AvgIpc) is 3.21. The van der Waals surface area contributed by atoms with Gasteiger partial charge in [0.25, 0.3) is 0 Å². The van der Waals surface area contributed by atoms with Crippen LogP contribution in [0.3, 0.4) is 0 Å². The first kappa shape index (κ1) is 19.4. The lowest BCUT2D eigenvalue weighted by Crippen LogP contribution is -2.44. The number of hydrogen-bond acceptors (Lipinski definition) is 7. The summed E-state index contributed by atoms with van der Waals surface area (Å²) in [5.74, 6) is 2.33. The summed E-state index contributed by atoms with van der Waals surface area (Å²) in [6, 6.07) is 1.74. The highest BCUT2D eigenvalue weighted by molar-refractivity contribution is 6.28. The van der Waals surface area contributed by atoms with Crippen LogP contribution in [0.5, 0.6) is 0 Å². The van der Waals surface area contributed by atoms with Crippen molar-refractivity contribution < 1.29 is 19.4 Å². The third-order valence-electron chi connectivity index (χ3n) is 4.65. The zero-order valence-electron chi connectivity index (χ0n) is 14.9. The summed E-state index contributed by atoms with van der Waals surface area (Å²) >= 11 is 5.92. The monoisotopic (exact) mass is 392 g/mol. The number of carbonyl (C=O) groups is 1. The Morgan fingerprint density at radius 3 is 3.07 bits per heavy atom. The van der Waals surface area contributed by atoms with E-state index in [1.54, 1.807) is 16.8 Å². The third kappa shape index (κ3) is 3.58. The highest BCUT2D eigenvalue weighted by Gasteiger charge is 2.50. The van der Waals surface area contributed by atoms with Gasteiger partial charge in [-0.05, 0) is 24.1 Å². The number of carbonyl (C=O) groups excluding carboxylic acids is 1. The number of esters is 1. The van der Waals surface area contributed by atoms with Crippen LogP contribution in [0.15, 0.2) is 12.3 Å². The van der Waals surface area contributed by atoms with Gasteiger partial charge in [0, 0.05) is 19.0 Å². The van der Waals surface area contributed by atoms with E-state index in [9.17, 15) is 9.90 Å². The largest absolute Gasteiger partial charge is 0.458 e. The Hall–Kier alpha value is -2.34. The number of aromatic nitrogens is 3. The molecule has 1 aliphatic rings. The Kier molecular flexibility index (Phi) is 5.56. The Bertz CT molecular complexity index is 893. The smallest absolute Gasteiger partial charge is 0.306 e. The zero-order chi connectivity index (χ0) is 19.6. The summed E-state index contributed by atoms with van der Waals surface area (Å²) in [5.41, 5.74) is 4.93. The van der Waals surface area contributed by atoms with E-state index >= 15 is 0 Å². The first-order valence-electron chi connectivity index (χ1n) is 8.69. The van der Waals surface area contributed by atoms with Gasteiger partial charge in [-0.2, -0.15) is 4.98 Å². The van der Waals surface area contributed by atoms with E-state index in [0.29, 0.717) is 11.0 Å². The fourth-order valence-electron chi connectivity index (χ4n) is 3.17. The molecule has 1 aliphatic heterocycles. The molecule has 3 atom stereocenters. The molecule has 2 aromatic rings. The number of hydrogen-bond donors (Lipinski definition) is 2. The van der Waals surface area contributed by atoms with Gasteiger partial charge in [0.05, 0.1) is 12.0 Å². The maximum Gasteiger partial charge on any atom is 0.306 e. The van der Waals surface area contributed by atoms with Gasteiger partial charge in [-0.15, -0.1) is 6.42 Å². The summed E-state index contributed by atoms with van der Waals surface area (Å²) in [7, 11) is 0. The number of fused-ring (bicyclic) bond motifs is 1. The number of rotatable bonds is 6. The zero-order valence-corrected chi connectivity index (χ0v) is 15.6. The van der Waals surface area contributed by atoms with Crippen LogP contribution in [-0.2, 0) is 14.3 Å². The number of ether oxygens (including phenoxy) is 2. The highest BCUT2D eigenvalue weighted by atomic mass is 35.5. The molecule has 0 spiro atoms. The molecule has 3 heterocycles. The van der Waals surface area contributed by atoms with Crippen LogP contribution >= 0.6 is 11.6 Å². The topological polar surface area (TPSA) is 112 Å². The summed E-state index contributed by atoms with van der Waals surface area (Å²) < 4.78 is 13.2. The summed E-state index contributed by atoms with van der Waals surface area (Å²) in [6.45, 7) is 1.50. The van der Waals surface area contributed by atoms with Crippen LogP contribution in [0.4, 0.5) is 5.82 Å². The lowest BCUT2D eigenvalue weighted by Gasteiger charge is -2.26. The van der Waals surface area contributed by atoms with Crippen LogP contribution < -0.4 is 5.73 Å². The number of nitrogens with zero attached hydrogens (tertiary/aromatic N) is 3. The molecule has 144 valence electrons. The predicted molar refractivity (Wildman–Crippen MR) is 99.7 cm³/mol. The van der Waals surface area contributed by atoms with Crippen LogP contribution in [0.2, 0.25) is 5.28 Å². The molecule has 3 N–H and O–H groups in total. The standard InChI is InChI=1S/C18H21ClN4O4/c1-3-5-6-14(25)26-12-9-13(27-18(12,4-2)10-24)23-8-7-11-15(20)21-17(19)22-16(11)23/h2,7-8,12-13,24H,3,5-6,9-10H2,1H3,(H2,20,21,22)/t12-,13+,18+/m0/s1. The van der Waals surface area contributed by atoms with Crippen LogP contribution in [0.1, 0.15) is 38.8 Å². The minimum Gasteiger partial charge on any atom is -0.458 e. The summed E-state index contributed by atoms with van der Waals surface area (Å²) in [6.07, 6.45) is 8.08. The highest BCUT2D eigenvalue weighted by Crippen LogP contribution is 2.40. The maximum absolute atomic E-state index is 12.1. The van der Waals surface area contributed by atoms with Gasteiger partial charge in [-0.25, -0.2) is 4.98 Å². The molecule has 8 nitrogen and oxygen atoms in total. The second kappa shape index (κ2) is 7.72. The lowest BCUT2D eigenvalue weighted by molar-refractivity contribution is -0.158. The third-order valence-corrected chi connectivity index (χ3v) is 4.82. The molecular weight excluding hydrogens is 372 g/mol. The molecule has 0 bridgehead atoms. The molecule has 0 saturated carbocycles. The number of terminal acetylenes is 1. The Balaban J connectivity index is 1.90. The summed E-state index contributed by atoms with van der Waals surface area (Å²) in [4.78, 5) is 20.2. The normalized spacial score (nSPS) is 24.8. The molecule has 0 amide bonds. The van der Waals surface area contributed by atoms with E-state index in [1.807, 2.05) is 6.92 Å². The van der Waals surface area contributed by atoms with Gasteiger partial charge in [-0.1, -0.05) is 19.3 Å². The van der Waals surface area contributed by atoms with E-state index in [-0.39, 0.29) is 29.9 Å². The van der Waals surface area contributed by atoms with Crippen molar-refractivity contribution >= 4 is 34.4 Å². The number of unbranched alkanes of at least 4 members (excludes halogenated alkanes) is 1. The molecule has 0 aliphatic carbocycles. The van der Waals surface area contributed by atoms with E-state index in [0.717, 1.165) is 12.8 Å². The molecule has 0 radical (unpaired) electrons. The molecule has 1 saturated heterocycles. The molecule has 0 unspecified atom stereocenters. The number of aliphatic hydroxyl groups excluding tert-OH is 1. The first-order valence-corrected chi connectivity index (χ1v) is 9.07. The van der Waals surface area contributed by atoms with E-state index < -0.39 is 24.5 Å². The Morgan fingerprint density at radius 2 is 2.41 bits per heavy atom. The second-order valence-electron chi connectivity index (χ2n) is 6.42. The number of nitrogens with two attached hydrogens (primary N) is 1. The second-order valence-corrected chi connectivity index (χ2v) is 6.76. The quantitative estimate of drug-likeness (QED) is 0.439. The molecular formula is C18H21ClN4O4.